The molecule has 7 heteroatoms. The number of carbonyl (C=O) groups is 1. The van der Waals surface area contributed by atoms with Gasteiger partial charge < -0.3 is 4.74 Å². The highest BCUT2D eigenvalue weighted by molar-refractivity contribution is 6.27. The number of aromatic nitrogens is 2. The summed E-state index contributed by atoms with van der Waals surface area (Å²) in [5, 5.41) is 15.0. The normalized spacial score (nSPS) is 11.4. The summed E-state index contributed by atoms with van der Waals surface area (Å²) in [7, 11) is 1.62. The third-order valence-corrected chi connectivity index (χ3v) is 4.75. The summed E-state index contributed by atoms with van der Waals surface area (Å²) in [4.78, 5) is 11.5. The van der Waals surface area contributed by atoms with Gasteiger partial charge in [-0.05, 0) is 44.0 Å². The van der Waals surface area contributed by atoms with Crippen molar-refractivity contribution < 1.29 is 14.7 Å². The number of ether oxygens (including phenoxy) is 1. The third kappa shape index (κ3) is 4.82. The highest BCUT2D eigenvalue weighted by Gasteiger charge is 2.15. The summed E-state index contributed by atoms with van der Waals surface area (Å²) in [6.07, 6.45) is 0. The summed E-state index contributed by atoms with van der Waals surface area (Å²) >= 11 is 5.48. The van der Waals surface area contributed by atoms with Gasteiger partial charge >= 0.3 is 0 Å². The van der Waals surface area contributed by atoms with Crippen LogP contribution in [0.3, 0.4) is 0 Å². The van der Waals surface area contributed by atoms with Crippen LogP contribution in [0.25, 0.3) is 16.9 Å². The first-order valence-electron chi connectivity index (χ1n) is 9.33. The zero-order valence-corrected chi connectivity index (χ0v) is 17.7. The number of aryl methyl sites for hydroxylation is 1. The molecule has 0 spiro atoms. The number of carbonyl (C=O) groups excluding carboxylic acids is 1. The van der Waals surface area contributed by atoms with Crippen molar-refractivity contribution in [3.63, 3.8) is 0 Å². The second kappa shape index (κ2) is 9.49. The molecule has 1 aromatic heterocycles. The predicted molar refractivity (Wildman–Crippen MR) is 116 cm³/mol. The van der Waals surface area contributed by atoms with Crippen molar-refractivity contribution in [2.24, 2.45) is 0 Å². The maximum Gasteiger partial charge on any atom is 0.262 e. The van der Waals surface area contributed by atoms with Gasteiger partial charge in [0, 0.05) is 11.6 Å². The van der Waals surface area contributed by atoms with Gasteiger partial charge in [0.25, 0.3) is 5.91 Å². The van der Waals surface area contributed by atoms with E-state index in [0.29, 0.717) is 10.8 Å². The number of halogens is 1. The van der Waals surface area contributed by atoms with Gasteiger partial charge in [0.15, 0.2) is 0 Å². The topological polar surface area (TPSA) is 67.6 Å². The van der Waals surface area contributed by atoms with E-state index in [-0.39, 0.29) is 5.88 Å². The molecule has 3 aromatic rings. The van der Waals surface area contributed by atoms with Gasteiger partial charge in [-0.15, -0.1) is 11.6 Å². The largest absolute Gasteiger partial charge is 0.497 e. The average Bonchev–Trinajstić information content (AvgIpc) is 3.21. The Balaban J connectivity index is 2.01. The van der Waals surface area contributed by atoms with Gasteiger partial charge in [-0.3, -0.25) is 10.0 Å². The van der Waals surface area contributed by atoms with E-state index in [2.05, 4.69) is 16.9 Å². The molecule has 1 amide bonds. The van der Waals surface area contributed by atoms with Gasteiger partial charge in [0.2, 0.25) is 0 Å². The Morgan fingerprint density at radius 3 is 2.50 bits per heavy atom. The highest BCUT2D eigenvalue weighted by atomic mass is 35.5. The summed E-state index contributed by atoms with van der Waals surface area (Å²) in [6, 6.07) is 16.8. The molecular formula is C23H22ClN3O3. The van der Waals surface area contributed by atoms with Crippen molar-refractivity contribution in [3.8, 4) is 34.5 Å². The molecule has 0 radical (unpaired) electrons. The van der Waals surface area contributed by atoms with Crippen LogP contribution in [0.2, 0.25) is 0 Å². The number of hydrogen-bond acceptors (Lipinski definition) is 4. The molecule has 1 heterocycles. The molecule has 2 aromatic carbocycles. The molecule has 0 aliphatic carbocycles. The fourth-order valence-electron chi connectivity index (χ4n) is 2.81. The van der Waals surface area contributed by atoms with E-state index < -0.39 is 11.9 Å². The second-order valence-electron chi connectivity index (χ2n) is 6.71. The lowest BCUT2D eigenvalue weighted by molar-refractivity contribution is -0.166. The summed E-state index contributed by atoms with van der Waals surface area (Å²) in [6.45, 7) is 3.64. The molecule has 0 aliphatic rings. The predicted octanol–water partition coefficient (Wildman–Crippen LogP) is 4.05. The molecule has 30 heavy (non-hydrogen) atoms. The van der Waals surface area contributed by atoms with Crippen molar-refractivity contribution >= 4 is 17.5 Å². The van der Waals surface area contributed by atoms with Gasteiger partial charge in [-0.1, -0.05) is 35.7 Å². The summed E-state index contributed by atoms with van der Waals surface area (Å²) < 4.78 is 7.04. The monoisotopic (exact) mass is 423 g/mol. The molecule has 154 valence electrons. The fourth-order valence-corrected chi connectivity index (χ4v) is 2.93. The summed E-state index contributed by atoms with van der Waals surface area (Å²) in [5.41, 5.74) is 4.39. The van der Waals surface area contributed by atoms with E-state index in [1.165, 1.54) is 0 Å². The number of methoxy groups -OCH3 is 1. The number of nitrogens with zero attached hydrogens (tertiary/aromatic N) is 3. The molecular weight excluding hydrogens is 402 g/mol. The van der Waals surface area contributed by atoms with Gasteiger partial charge in [-0.2, -0.15) is 5.10 Å². The van der Waals surface area contributed by atoms with Crippen molar-refractivity contribution in [3.05, 3.63) is 65.9 Å². The molecule has 0 aliphatic heterocycles. The molecule has 1 atom stereocenters. The number of rotatable bonds is 5. The number of alkyl halides is 1. The number of hydroxylamine groups is 2. The van der Waals surface area contributed by atoms with Gasteiger partial charge in [0.05, 0.1) is 18.5 Å². The van der Waals surface area contributed by atoms with Crippen LogP contribution in [0.1, 0.15) is 18.2 Å². The molecule has 0 fully saturated rings. The zero-order chi connectivity index (χ0) is 21.7. The molecule has 0 saturated heterocycles. The third-order valence-electron chi connectivity index (χ3n) is 4.52. The van der Waals surface area contributed by atoms with Crippen LogP contribution in [0, 0.1) is 18.8 Å². The van der Waals surface area contributed by atoms with Gasteiger partial charge in [0.1, 0.15) is 23.4 Å². The molecule has 0 saturated carbocycles. The van der Waals surface area contributed by atoms with Crippen LogP contribution in [0.5, 0.6) is 5.75 Å². The maximum atomic E-state index is 11.5. The van der Waals surface area contributed by atoms with Crippen LogP contribution < -0.4 is 4.74 Å². The van der Waals surface area contributed by atoms with Crippen LogP contribution in [0.15, 0.2) is 54.6 Å². The fraction of sp³-hybridized carbons (Fsp3) is 0.217. The summed E-state index contributed by atoms with van der Waals surface area (Å²) in [5.74, 6) is 5.60. The van der Waals surface area contributed by atoms with E-state index in [9.17, 15) is 10.0 Å². The van der Waals surface area contributed by atoms with Crippen molar-refractivity contribution in [2.45, 2.75) is 19.9 Å². The Morgan fingerprint density at radius 1 is 1.23 bits per heavy atom. The number of hydrogen-bond donors (Lipinski definition) is 1. The van der Waals surface area contributed by atoms with Crippen LogP contribution in [-0.4, -0.2) is 45.0 Å². The lowest BCUT2D eigenvalue weighted by Crippen LogP contribution is -2.35. The number of benzene rings is 2. The Morgan fingerprint density at radius 2 is 1.90 bits per heavy atom. The smallest absolute Gasteiger partial charge is 0.262 e. The van der Waals surface area contributed by atoms with Crippen LogP contribution >= 0.6 is 11.6 Å². The molecule has 6 nitrogen and oxygen atoms in total. The van der Waals surface area contributed by atoms with Crippen molar-refractivity contribution in [1.82, 2.24) is 14.8 Å². The molecule has 3 rings (SSSR count). The first kappa shape index (κ1) is 21.4. The minimum Gasteiger partial charge on any atom is -0.497 e. The lowest BCUT2D eigenvalue weighted by Gasteiger charge is -2.16. The Hall–Kier alpha value is -3.27. The number of amides is 1. The minimum absolute atomic E-state index is 0.313. The van der Waals surface area contributed by atoms with Gasteiger partial charge in [-0.25, -0.2) is 9.75 Å². The molecule has 1 unspecified atom stereocenters. The van der Waals surface area contributed by atoms with Crippen LogP contribution in [-0.2, 0) is 4.79 Å². The van der Waals surface area contributed by atoms with E-state index >= 15 is 0 Å². The minimum atomic E-state index is -0.717. The average molecular weight is 424 g/mol. The lowest BCUT2D eigenvalue weighted by atomic mass is 10.1. The Bertz CT molecular complexity index is 1080. The first-order valence-corrected chi connectivity index (χ1v) is 9.86. The standard InChI is InChI=1S/C23H22ClN3O3/c1-16-4-7-18(8-5-16)22-14-19(9-6-17(2)27(29)23(28)15-24)25-26(22)20-10-12-21(30-3)13-11-20/h4-5,7-8,10-14,17,29H,15H2,1-3H3. The van der Waals surface area contributed by atoms with E-state index in [4.69, 9.17) is 16.3 Å². The van der Waals surface area contributed by atoms with Crippen molar-refractivity contribution in [2.75, 3.05) is 13.0 Å². The van der Waals surface area contributed by atoms with E-state index in [1.54, 1.807) is 18.7 Å². The SMILES string of the molecule is COc1ccc(-n2nc(C#CC(C)N(O)C(=O)CCl)cc2-c2ccc(C)cc2)cc1. The molecule has 1 N–H and O–H groups in total. The molecule has 0 bridgehead atoms. The van der Waals surface area contributed by atoms with E-state index in [1.807, 2.05) is 61.5 Å². The Labute approximate surface area is 180 Å². The first-order chi connectivity index (χ1) is 14.4. The second-order valence-corrected chi connectivity index (χ2v) is 6.98. The maximum absolute atomic E-state index is 11.5. The highest BCUT2D eigenvalue weighted by Crippen LogP contribution is 2.25. The van der Waals surface area contributed by atoms with Crippen LogP contribution in [0.4, 0.5) is 0 Å². The Kier molecular flexibility index (Phi) is 6.78. The van der Waals surface area contributed by atoms with E-state index in [0.717, 1.165) is 28.3 Å². The zero-order valence-electron chi connectivity index (χ0n) is 17.0. The quantitative estimate of drug-likeness (QED) is 0.291. The van der Waals surface area contributed by atoms with Crippen molar-refractivity contribution in [1.29, 1.82) is 0 Å².